The van der Waals surface area contributed by atoms with Crippen molar-refractivity contribution < 1.29 is 9.53 Å². The molecule has 19 heavy (non-hydrogen) atoms. The summed E-state index contributed by atoms with van der Waals surface area (Å²) in [6.07, 6.45) is 3.64. The standard InChI is InChI=1S/C14H21N3O2/c1-3-15-11-6-9-17(10-7-11)14(18)12-5-4-8-16-13(12)19-2/h4-5,8,11,15H,3,6-7,9-10H2,1-2H3. The maximum Gasteiger partial charge on any atom is 0.259 e. The molecule has 5 heteroatoms. The van der Waals surface area contributed by atoms with Crippen LogP contribution in [0.4, 0.5) is 0 Å². The van der Waals surface area contributed by atoms with Crippen molar-refractivity contribution in [1.82, 2.24) is 15.2 Å². The average Bonchev–Trinajstić information content (AvgIpc) is 2.47. The number of hydrogen-bond donors (Lipinski definition) is 1. The van der Waals surface area contributed by atoms with Gasteiger partial charge in [0.25, 0.3) is 5.91 Å². The van der Waals surface area contributed by atoms with Gasteiger partial charge in [0.15, 0.2) is 0 Å². The normalized spacial score (nSPS) is 16.4. The molecule has 1 saturated heterocycles. The zero-order chi connectivity index (χ0) is 13.7. The number of rotatable bonds is 4. The highest BCUT2D eigenvalue weighted by Gasteiger charge is 2.25. The van der Waals surface area contributed by atoms with Gasteiger partial charge in [0, 0.05) is 25.3 Å². The molecule has 5 nitrogen and oxygen atoms in total. The van der Waals surface area contributed by atoms with E-state index in [4.69, 9.17) is 4.74 Å². The lowest BCUT2D eigenvalue weighted by atomic mass is 10.0. The van der Waals surface area contributed by atoms with Crippen molar-refractivity contribution in [2.45, 2.75) is 25.8 Å². The Morgan fingerprint density at radius 3 is 2.89 bits per heavy atom. The highest BCUT2D eigenvalue weighted by molar-refractivity contribution is 5.96. The van der Waals surface area contributed by atoms with E-state index in [0.717, 1.165) is 32.5 Å². The Morgan fingerprint density at radius 1 is 1.53 bits per heavy atom. The number of methoxy groups -OCH3 is 1. The highest BCUT2D eigenvalue weighted by Crippen LogP contribution is 2.19. The summed E-state index contributed by atoms with van der Waals surface area (Å²) >= 11 is 0. The topological polar surface area (TPSA) is 54.5 Å². The first-order valence-corrected chi connectivity index (χ1v) is 6.78. The number of likely N-dealkylation sites (tertiary alicyclic amines) is 1. The molecule has 0 bridgehead atoms. The second kappa shape index (κ2) is 6.52. The van der Waals surface area contributed by atoms with Gasteiger partial charge in [-0.15, -0.1) is 0 Å². The number of nitrogens with zero attached hydrogens (tertiary/aromatic N) is 2. The third-order valence-corrected chi connectivity index (χ3v) is 3.47. The zero-order valence-corrected chi connectivity index (χ0v) is 11.6. The van der Waals surface area contributed by atoms with Crippen molar-refractivity contribution >= 4 is 5.91 Å². The molecule has 1 aromatic rings. The number of carbonyl (C=O) groups is 1. The molecule has 0 radical (unpaired) electrons. The summed E-state index contributed by atoms with van der Waals surface area (Å²) in [5, 5.41) is 3.43. The minimum atomic E-state index is 0.0138. The molecule has 0 aliphatic carbocycles. The van der Waals surface area contributed by atoms with E-state index in [-0.39, 0.29) is 5.91 Å². The van der Waals surface area contributed by atoms with Crippen LogP contribution in [-0.2, 0) is 0 Å². The van der Waals surface area contributed by atoms with Gasteiger partial charge in [-0.3, -0.25) is 4.79 Å². The van der Waals surface area contributed by atoms with Crippen molar-refractivity contribution in [3.63, 3.8) is 0 Å². The Balaban J connectivity index is 2.01. The fraction of sp³-hybridized carbons (Fsp3) is 0.571. The quantitative estimate of drug-likeness (QED) is 0.889. The first-order chi connectivity index (χ1) is 9.26. The molecule has 1 aliphatic heterocycles. The van der Waals surface area contributed by atoms with Crippen LogP contribution < -0.4 is 10.1 Å². The number of carbonyl (C=O) groups excluding carboxylic acids is 1. The summed E-state index contributed by atoms with van der Waals surface area (Å²) in [5.74, 6) is 0.418. The van der Waals surface area contributed by atoms with Crippen LogP contribution in [0.1, 0.15) is 30.1 Å². The second-order valence-corrected chi connectivity index (χ2v) is 4.68. The third kappa shape index (κ3) is 3.23. The fourth-order valence-electron chi connectivity index (χ4n) is 2.46. The number of hydrogen-bond acceptors (Lipinski definition) is 4. The van der Waals surface area contributed by atoms with Crippen LogP contribution in [0.3, 0.4) is 0 Å². The number of pyridine rings is 1. The van der Waals surface area contributed by atoms with Gasteiger partial charge in [-0.1, -0.05) is 6.92 Å². The summed E-state index contributed by atoms with van der Waals surface area (Å²) in [7, 11) is 1.54. The predicted molar refractivity (Wildman–Crippen MR) is 73.4 cm³/mol. The van der Waals surface area contributed by atoms with Crippen LogP contribution in [0.5, 0.6) is 5.88 Å². The number of ether oxygens (including phenoxy) is 1. The summed E-state index contributed by atoms with van der Waals surface area (Å²) in [4.78, 5) is 18.4. The lowest BCUT2D eigenvalue weighted by molar-refractivity contribution is 0.0701. The molecule has 1 aromatic heterocycles. The van der Waals surface area contributed by atoms with Gasteiger partial charge < -0.3 is 15.0 Å². The molecule has 0 spiro atoms. The summed E-state index contributed by atoms with van der Waals surface area (Å²) < 4.78 is 5.15. The van der Waals surface area contributed by atoms with Crippen molar-refractivity contribution in [3.05, 3.63) is 23.9 Å². The fourth-order valence-corrected chi connectivity index (χ4v) is 2.46. The van der Waals surface area contributed by atoms with Crippen LogP contribution >= 0.6 is 0 Å². The molecule has 0 saturated carbocycles. The number of piperidine rings is 1. The smallest absolute Gasteiger partial charge is 0.259 e. The zero-order valence-electron chi connectivity index (χ0n) is 11.6. The largest absolute Gasteiger partial charge is 0.480 e. The predicted octanol–water partition coefficient (Wildman–Crippen LogP) is 1.30. The molecule has 1 amide bonds. The van der Waals surface area contributed by atoms with Gasteiger partial charge in [-0.05, 0) is 31.5 Å². The molecular weight excluding hydrogens is 242 g/mol. The number of amides is 1. The van der Waals surface area contributed by atoms with Crippen LogP contribution in [0, 0.1) is 0 Å². The maximum absolute atomic E-state index is 12.4. The number of aromatic nitrogens is 1. The Labute approximate surface area is 114 Å². The molecular formula is C14H21N3O2. The van der Waals surface area contributed by atoms with Gasteiger partial charge in [0.1, 0.15) is 5.56 Å². The van der Waals surface area contributed by atoms with E-state index < -0.39 is 0 Å². The molecule has 104 valence electrons. The lowest BCUT2D eigenvalue weighted by Gasteiger charge is -2.32. The van der Waals surface area contributed by atoms with E-state index in [0.29, 0.717) is 17.5 Å². The molecule has 2 heterocycles. The Hall–Kier alpha value is -1.62. The highest BCUT2D eigenvalue weighted by atomic mass is 16.5. The lowest BCUT2D eigenvalue weighted by Crippen LogP contribution is -2.44. The molecule has 1 aliphatic rings. The van der Waals surface area contributed by atoms with Crippen LogP contribution in [-0.4, -0.2) is 48.6 Å². The number of nitrogens with one attached hydrogen (secondary N) is 1. The average molecular weight is 263 g/mol. The SMILES string of the molecule is CCNC1CCN(C(=O)c2cccnc2OC)CC1. The van der Waals surface area contributed by atoms with Gasteiger partial charge in [-0.2, -0.15) is 0 Å². The van der Waals surface area contributed by atoms with Crippen LogP contribution in [0.25, 0.3) is 0 Å². The van der Waals surface area contributed by atoms with E-state index >= 15 is 0 Å². The Morgan fingerprint density at radius 2 is 2.26 bits per heavy atom. The molecule has 2 rings (SSSR count). The minimum absolute atomic E-state index is 0.0138. The summed E-state index contributed by atoms with van der Waals surface area (Å²) in [5.41, 5.74) is 0.548. The summed E-state index contributed by atoms with van der Waals surface area (Å²) in [6, 6.07) is 4.07. The van der Waals surface area contributed by atoms with E-state index in [2.05, 4.69) is 17.2 Å². The molecule has 1 fully saturated rings. The Bertz CT molecular complexity index is 428. The molecule has 0 atom stereocenters. The monoisotopic (exact) mass is 263 g/mol. The van der Waals surface area contributed by atoms with E-state index in [1.807, 2.05) is 4.90 Å². The molecule has 0 aromatic carbocycles. The maximum atomic E-state index is 12.4. The van der Waals surface area contributed by atoms with E-state index in [9.17, 15) is 4.79 Å². The van der Waals surface area contributed by atoms with Crippen molar-refractivity contribution in [2.75, 3.05) is 26.7 Å². The van der Waals surface area contributed by atoms with Gasteiger partial charge >= 0.3 is 0 Å². The molecule has 0 unspecified atom stereocenters. The van der Waals surface area contributed by atoms with Crippen LogP contribution in [0.2, 0.25) is 0 Å². The Kier molecular flexibility index (Phi) is 4.74. The first-order valence-electron chi connectivity index (χ1n) is 6.78. The first kappa shape index (κ1) is 13.8. The van der Waals surface area contributed by atoms with E-state index in [1.54, 1.807) is 18.3 Å². The van der Waals surface area contributed by atoms with Crippen molar-refractivity contribution in [3.8, 4) is 5.88 Å². The second-order valence-electron chi connectivity index (χ2n) is 4.68. The van der Waals surface area contributed by atoms with Crippen molar-refractivity contribution in [2.24, 2.45) is 0 Å². The summed E-state index contributed by atoms with van der Waals surface area (Å²) in [6.45, 7) is 4.66. The van der Waals surface area contributed by atoms with Gasteiger partial charge in [0.05, 0.1) is 7.11 Å². The van der Waals surface area contributed by atoms with E-state index in [1.165, 1.54) is 7.11 Å². The minimum Gasteiger partial charge on any atom is -0.480 e. The van der Waals surface area contributed by atoms with Crippen molar-refractivity contribution in [1.29, 1.82) is 0 Å². The molecule has 1 N–H and O–H groups in total. The van der Waals surface area contributed by atoms with Gasteiger partial charge in [0.2, 0.25) is 5.88 Å². The van der Waals surface area contributed by atoms with Crippen LogP contribution in [0.15, 0.2) is 18.3 Å². The van der Waals surface area contributed by atoms with Gasteiger partial charge in [-0.25, -0.2) is 4.98 Å². The third-order valence-electron chi connectivity index (χ3n) is 3.47.